The number of ether oxygens (including phenoxy) is 1. The lowest BCUT2D eigenvalue weighted by molar-refractivity contribution is 0.0114. The predicted molar refractivity (Wildman–Crippen MR) is 98.6 cm³/mol. The average Bonchev–Trinajstić information content (AvgIpc) is 2.58. The van der Waals surface area contributed by atoms with Crippen LogP contribution in [0.25, 0.3) is 11.0 Å². The molecule has 2 heterocycles. The number of likely N-dealkylation sites (tertiary alicyclic amines) is 1. The van der Waals surface area contributed by atoms with E-state index in [1.54, 1.807) is 6.20 Å². The highest BCUT2D eigenvalue weighted by atomic mass is 16.6. The van der Waals surface area contributed by atoms with Crippen LogP contribution in [0, 0.1) is 0 Å². The summed E-state index contributed by atoms with van der Waals surface area (Å²) in [6.45, 7) is 7.07. The number of aromatic nitrogens is 2. The highest BCUT2D eigenvalue weighted by Crippen LogP contribution is 2.21. The molecule has 0 saturated carbocycles. The van der Waals surface area contributed by atoms with Crippen molar-refractivity contribution in [2.75, 3.05) is 18.4 Å². The first-order chi connectivity index (χ1) is 11.9. The van der Waals surface area contributed by atoms with Gasteiger partial charge < -0.3 is 15.0 Å². The van der Waals surface area contributed by atoms with E-state index in [1.165, 1.54) is 0 Å². The van der Waals surface area contributed by atoms with Crippen molar-refractivity contribution in [1.29, 1.82) is 0 Å². The van der Waals surface area contributed by atoms with Crippen LogP contribution < -0.4 is 5.32 Å². The number of fused-ring (bicyclic) bond motifs is 1. The van der Waals surface area contributed by atoms with E-state index in [1.807, 2.05) is 49.9 Å². The number of benzene rings is 1. The van der Waals surface area contributed by atoms with Gasteiger partial charge >= 0.3 is 6.09 Å². The monoisotopic (exact) mass is 342 g/mol. The van der Waals surface area contributed by atoms with Crippen LogP contribution in [0.3, 0.4) is 0 Å². The summed E-state index contributed by atoms with van der Waals surface area (Å²) in [6, 6.07) is 7.90. The molecule has 2 aromatic rings. The van der Waals surface area contributed by atoms with Crippen LogP contribution in [0.15, 0.2) is 30.5 Å². The highest BCUT2D eigenvalue weighted by Gasteiger charge is 2.30. The fraction of sp³-hybridized carbons (Fsp3) is 0.526. The topological polar surface area (TPSA) is 67.3 Å². The predicted octanol–water partition coefficient (Wildman–Crippen LogP) is 3.83. The van der Waals surface area contributed by atoms with Crippen LogP contribution in [0.4, 0.5) is 10.6 Å². The van der Waals surface area contributed by atoms with E-state index in [2.05, 4.69) is 15.3 Å². The molecule has 1 N–H and O–H groups in total. The number of hydrogen-bond acceptors (Lipinski definition) is 5. The maximum absolute atomic E-state index is 12.5. The largest absolute Gasteiger partial charge is 0.444 e. The van der Waals surface area contributed by atoms with Gasteiger partial charge in [0.2, 0.25) is 0 Å². The molecule has 25 heavy (non-hydrogen) atoms. The maximum Gasteiger partial charge on any atom is 0.410 e. The number of hydrogen-bond donors (Lipinski definition) is 1. The van der Waals surface area contributed by atoms with Crippen molar-refractivity contribution in [3.05, 3.63) is 30.5 Å². The van der Waals surface area contributed by atoms with E-state index in [0.717, 1.165) is 42.7 Å². The van der Waals surface area contributed by atoms with Crippen molar-refractivity contribution in [2.24, 2.45) is 0 Å². The Bertz CT molecular complexity index is 742. The van der Waals surface area contributed by atoms with Crippen LogP contribution >= 0.6 is 0 Å². The maximum atomic E-state index is 12.5. The second kappa shape index (κ2) is 7.25. The van der Waals surface area contributed by atoms with Gasteiger partial charge in [0, 0.05) is 13.1 Å². The molecule has 1 aromatic heterocycles. The van der Waals surface area contributed by atoms with E-state index < -0.39 is 5.60 Å². The number of para-hydroxylation sites is 2. The third kappa shape index (κ3) is 4.59. The molecule has 6 nitrogen and oxygen atoms in total. The Kier molecular flexibility index (Phi) is 5.06. The molecule has 1 aliphatic rings. The molecule has 1 fully saturated rings. The molecule has 0 unspecified atom stereocenters. The minimum atomic E-state index is -0.476. The lowest BCUT2D eigenvalue weighted by atomic mass is 10.0. The van der Waals surface area contributed by atoms with Gasteiger partial charge in [-0.25, -0.2) is 9.78 Å². The minimum absolute atomic E-state index is 0.108. The number of amides is 1. The Morgan fingerprint density at radius 3 is 2.80 bits per heavy atom. The molecule has 1 amide bonds. The zero-order chi connectivity index (χ0) is 17.9. The molecule has 1 atom stereocenters. The highest BCUT2D eigenvalue weighted by molar-refractivity contribution is 5.75. The smallest absolute Gasteiger partial charge is 0.410 e. The van der Waals surface area contributed by atoms with Gasteiger partial charge in [-0.05, 0) is 52.2 Å². The first kappa shape index (κ1) is 17.5. The molecule has 3 rings (SSSR count). The average molecular weight is 342 g/mol. The summed E-state index contributed by atoms with van der Waals surface area (Å²) in [4.78, 5) is 23.3. The molecular formula is C19H26N4O2. The molecule has 1 saturated heterocycles. The fourth-order valence-electron chi connectivity index (χ4n) is 3.04. The summed E-state index contributed by atoms with van der Waals surface area (Å²) in [5.74, 6) is 0.730. The minimum Gasteiger partial charge on any atom is -0.444 e. The van der Waals surface area contributed by atoms with E-state index in [-0.39, 0.29) is 12.1 Å². The molecule has 1 aliphatic heterocycles. The van der Waals surface area contributed by atoms with Gasteiger partial charge in [0.1, 0.15) is 11.4 Å². The van der Waals surface area contributed by atoms with Gasteiger partial charge in [-0.3, -0.25) is 4.98 Å². The number of piperidine rings is 1. The van der Waals surface area contributed by atoms with Crippen molar-refractivity contribution >= 4 is 22.9 Å². The first-order valence-electron chi connectivity index (χ1n) is 8.88. The van der Waals surface area contributed by atoms with E-state index in [9.17, 15) is 4.79 Å². The number of anilines is 1. The standard InChI is InChI=1S/C19H26N4O2/c1-19(2,3)25-18(24)23-11-7-6-8-14(23)12-21-17-13-20-15-9-4-5-10-16(15)22-17/h4-5,9-10,13-14H,6-8,11-12H2,1-3H3,(H,21,22)/t14-/m0/s1. The van der Waals surface area contributed by atoms with Gasteiger partial charge in [0.05, 0.1) is 23.3 Å². The van der Waals surface area contributed by atoms with Gasteiger partial charge in [0.25, 0.3) is 0 Å². The quantitative estimate of drug-likeness (QED) is 0.918. The van der Waals surface area contributed by atoms with Crippen LogP contribution in [0.2, 0.25) is 0 Å². The van der Waals surface area contributed by atoms with Gasteiger partial charge in [-0.1, -0.05) is 12.1 Å². The normalized spacial score (nSPS) is 18.2. The lowest BCUT2D eigenvalue weighted by Crippen LogP contribution is -2.48. The molecule has 0 radical (unpaired) electrons. The van der Waals surface area contributed by atoms with E-state index >= 15 is 0 Å². The second-order valence-electron chi connectivity index (χ2n) is 7.45. The zero-order valence-corrected chi connectivity index (χ0v) is 15.2. The first-order valence-corrected chi connectivity index (χ1v) is 8.88. The molecule has 0 aliphatic carbocycles. The summed E-state index contributed by atoms with van der Waals surface area (Å²) in [5.41, 5.74) is 1.26. The zero-order valence-electron chi connectivity index (χ0n) is 15.2. The van der Waals surface area contributed by atoms with Crippen molar-refractivity contribution in [3.63, 3.8) is 0 Å². The number of carbonyl (C=O) groups excluding carboxylic acids is 1. The SMILES string of the molecule is CC(C)(C)OC(=O)N1CCCC[C@H]1CNc1cnc2ccccc2n1. The number of nitrogens with zero attached hydrogens (tertiary/aromatic N) is 3. The number of carbonyl (C=O) groups is 1. The molecule has 1 aromatic carbocycles. The van der Waals surface area contributed by atoms with Crippen LogP contribution in [-0.4, -0.2) is 45.7 Å². The Hall–Kier alpha value is -2.37. The van der Waals surface area contributed by atoms with Gasteiger partial charge in [-0.2, -0.15) is 0 Å². The number of rotatable bonds is 3. The third-order valence-electron chi connectivity index (χ3n) is 4.22. The summed E-state index contributed by atoms with van der Waals surface area (Å²) >= 11 is 0. The molecule has 0 spiro atoms. The van der Waals surface area contributed by atoms with Gasteiger partial charge in [0.15, 0.2) is 0 Å². The number of nitrogens with one attached hydrogen (secondary N) is 1. The van der Waals surface area contributed by atoms with Crippen LogP contribution in [0.5, 0.6) is 0 Å². The Morgan fingerprint density at radius 2 is 2.04 bits per heavy atom. The summed E-state index contributed by atoms with van der Waals surface area (Å²) in [5, 5.41) is 3.33. The fourth-order valence-corrected chi connectivity index (χ4v) is 3.04. The Morgan fingerprint density at radius 1 is 1.28 bits per heavy atom. The lowest BCUT2D eigenvalue weighted by Gasteiger charge is -2.36. The van der Waals surface area contributed by atoms with Crippen molar-refractivity contribution in [3.8, 4) is 0 Å². The van der Waals surface area contributed by atoms with E-state index in [0.29, 0.717) is 6.54 Å². The second-order valence-corrected chi connectivity index (χ2v) is 7.45. The summed E-state index contributed by atoms with van der Waals surface area (Å²) in [6.07, 6.45) is 4.61. The third-order valence-corrected chi connectivity index (χ3v) is 4.22. The molecular weight excluding hydrogens is 316 g/mol. The molecule has 134 valence electrons. The van der Waals surface area contributed by atoms with Crippen molar-refractivity contribution in [2.45, 2.75) is 51.7 Å². The summed E-state index contributed by atoms with van der Waals surface area (Å²) < 4.78 is 5.55. The van der Waals surface area contributed by atoms with E-state index in [4.69, 9.17) is 4.74 Å². The van der Waals surface area contributed by atoms with Crippen LogP contribution in [0.1, 0.15) is 40.0 Å². The Labute approximate surface area is 148 Å². The molecule has 0 bridgehead atoms. The van der Waals surface area contributed by atoms with Crippen molar-refractivity contribution < 1.29 is 9.53 Å². The Balaban J connectivity index is 1.65. The van der Waals surface area contributed by atoms with Crippen molar-refractivity contribution in [1.82, 2.24) is 14.9 Å². The molecule has 6 heteroatoms. The van der Waals surface area contributed by atoms with Gasteiger partial charge in [-0.15, -0.1) is 0 Å². The summed E-state index contributed by atoms with van der Waals surface area (Å²) in [7, 11) is 0. The van der Waals surface area contributed by atoms with Crippen LogP contribution in [-0.2, 0) is 4.74 Å².